The molecule has 2 amide bonds. The maximum atomic E-state index is 11.8. The molecule has 0 aromatic carbocycles. The van der Waals surface area contributed by atoms with Crippen molar-refractivity contribution < 1.29 is 24.3 Å². The highest BCUT2D eigenvalue weighted by Crippen LogP contribution is 2.13. The predicted molar refractivity (Wildman–Crippen MR) is 135 cm³/mol. The molecule has 0 aromatic heterocycles. The second kappa shape index (κ2) is 22.2. The Kier molecular flexibility index (Phi) is 21.2. The zero-order chi connectivity index (χ0) is 24.7. The van der Waals surface area contributed by atoms with Gasteiger partial charge >= 0.3 is 5.97 Å². The van der Waals surface area contributed by atoms with Gasteiger partial charge in [0.2, 0.25) is 16.9 Å². The Labute approximate surface area is 205 Å². The number of unbranched alkanes of at least 4 members (excludes halogenated alkanes) is 13. The number of nitrogens with one attached hydrogen (secondary N) is 2. The third-order valence-corrected chi connectivity index (χ3v) is 6.08. The van der Waals surface area contributed by atoms with E-state index in [0.29, 0.717) is 25.8 Å². The standard InChI is InChI=1S/C25H46N2O5S/c1-21(25(32)33)27-23(29)18-16-20-26-22(28)17-14-12-10-8-6-4-2-3-5-7-9-11-13-15-19-24(30)31/h21H,2-20H2,1H3,(H,26,28)(H,27,29)(H,30,31)(H,32,33)/t21-/m0/s1. The van der Waals surface area contributed by atoms with Crippen LogP contribution in [0.1, 0.15) is 122 Å². The minimum Gasteiger partial charge on any atom is -0.481 e. The molecule has 0 rings (SSSR count). The third-order valence-electron chi connectivity index (χ3n) is 5.70. The third kappa shape index (κ3) is 23.4. The van der Waals surface area contributed by atoms with Crippen LogP contribution in [0.5, 0.6) is 0 Å². The first kappa shape index (κ1) is 31.4. The molecule has 0 aliphatic rings. The molecule has 0 aromatic rings. The highest BCUT2D eigenvalue weighted by Gasteiger charge is 2.11. The van der Waals surface area contributed by atoms with E-state index in [1.54, 1.807) is 6.92 Å². The molecule has 0 aliphatic heterocycles. The average Bonchev–Trinajstić information content (AvgIpc) is 2.76. The van der Waals surface area contributed by atoms with Gasteiger partial charge in [0.15, 0.2) is 0 Å². The summed E-state index contributed by atoms with van der Waals surface area (Å²) in [5.41, 5.74) is 0. The fraction of sp³-hybridized carbons (Fsp3) is 0.840. The van der Waals surface area contributed by atoms with Gasteiger partial charge in [-0.15, -0.1) is 12.6 Å². The van der Waals surface area contributed by atoms with Crippen molar-refractivity contribution in [2.75, 3.05) is 6.54 Å². The molecule has 192 valence electrons. The van der Waals surface area contributed by atoms with E-state index in [9.17, 15) is 19.2 Å². The Morgan fingerprint density at radius 1 is 0.636 bits per heavy atom. The molecule has 8 heteroatoms. The zero-order valence-electron chi connectivity index (χ0n) is 20.5. The molecule has 0 unspecified atom stereocenters. The molecule has 7 nitrogen and oxygen atoms in total. The van der Waals surface area contributed by atoms with Gasteiger partial charge in [-0.3, -0.25) is 19.2 Å². The fourth-order valence-electron chi connectivity index (χ4n) is 3.62. The van der Waals surface area contributed by atoms with Gasteiger partial charge in [-0.1, -0.05) is 77.0 Å². The van der Waals surface area contributed by atoms with Gasteiger partial charge in [0.1, 0.15) is 0 Å². The summed E-state index contributed by atoms with van der Waals surface area (Å²) >= 11 is 3.68. The maximum absolute atomic E-state index is 11.8. The van der Waals surface area contributed by atoms with Gasteiger partial charge < -0.3 is 15.7 Å². The van der Waals surface area contributed by atoms with E-state index in [0.717, 1.165) is 32.1 Å². The Morgan fingerprint density at radius 2 is 1.03 bits per heavy atom. The molecule has 0 heterocycles. The number of hydrogen-bond donors (Lipinski definition) is 4. The van der Waals surface area contributed by atoms with Gasteiger partial charge in [-0.05, 0) is 26.2 Å². The SMILES string of the molecule is C[C@H](NC(=O)CCCNC(=O)CCCCCCCCCCCCCCCCC(=O)O)C(=O)S. The highest BCUT2D eigenvalue weighted by atomic mass is 32.1. The normalized spacial score (nSPS) is 11.7. The summed E-state index contributed by atoms with van der Waals surface area (Å²) in [6, 6.07) is -0.588. The van der Waals surface area contributed by atoms with Crippen molar-refractivity contribution in [3.63, 3.8) is 0 Å². The van der Waals surface area contributed by atoms with Crippen LogP contribution in [-0.4, -0.2) is 40.6 Å². The lowest BCUT2D eigenvalue weighted by molar-refractivity contribution is -0.137. The summed E-state index contributed by atoms with van der Waals surface area (Å²) in [4.78, 5) is 44.8. The monoisotopic (exact) mass is 486 g/mol. The summed E-state index contributed by atoms with van der Waals surface area (Å²) < 4.78 is 0. The summed E-state index contributed by atoms with van der Waals surface area (Å²) in [5, 5.41) is 13.6. The summed E-state index contributed by atoms with van der Waals surface area (Å²) in [5.74, 6) is -0.854. The molecule has 0 radical (unpaired) electrons. The molecule has 0 bridgehead atoms. The lowest BCUT2D eigenvalue weighted by atomic mass is 10.0. The first-order chi connectivity index (χ1) is 15.8. The van der Waals surface area contributed by atoms with E-state index in [1.165, 1.54) is 57.8 Å². The fourth-order valence-corrected chi connectivity index (χ4v) is 3.69. The van der Waals surface area contributed by atoms with Gasteiger partial charge in [-0.25, -0.2) is 0 Å². The zero-order valence-corrected chi connectivity index (χ0v) is 21.4. The van der Waals surface area contributed by atoms with E-state index in [-0.39, 0.29) is 23.4 Å². The molecule has 33 heavy (non-hydrogen) atoms. The summed E-state index contributed by atoms with van der Waals surface area (Å²) in [6.07, 6.45) is 18.0. The molecule has 0 saturated heterocycles. The molecular weight excluding hydrogens is 440 g/mol. The van der Waals surface area contributed by atoms with Crippen LogP contribution in [0.2, 0.25) is 0 Å². The summed E-state index contributed by atoms with van der Waals surface area (Å²) in [7, 11) is 0. The molecule has 0 saturated carbocycles. The van der Waals surface area contributed by atoms with Crippen LogP contribution in [0.15, 0.2) is 0 Å². The number of carboxylic acid groups (broad SMARTS) is 1. The lowest BCUT2D eigenvalue weighted by Crippen LogP contribution is -2.36. The minimum absolute atomic E-state index is 0.0381. The number of carbonyl (C=O) groups excluding carboxylic acids is 3. The van der Waals surface area contributed by atoms with Crippen molar-refractivity contribution in [2.45, 2.75) is 129 Å². The van der Waals surface area contributed by atoms with Crippen LogP contribution < -0.4 is 10.6 Å². The number of carbonyl (C=O) groups is 4. The number of hydrogen-bond acceptors (Lipinski definition) is 4. The van der Waals surface area contributed by atoms with Gasteiger partial charge in [0.05, 0.1) is 6.04 Å². The Morgan fingerprint density at radius 3 is 1.45 bits per heavy atom. The number of amides is 2. The quantitative estimate of drug-likeness (QED) is 0.118. The second-order valence-corrected chi connectivity index (χ2v) is 9.37. The van der Waals surface area contributed by atoms with Crippen LogP contribution in [0.4, 0.5) is 0 Å². The number of thiol groups is 1. The van der Waals surface area contributed by atoms with Crippen molar-refractivity contribution in [2.24, 2.45) is 0 Å². The first-order valence-electron chi connectivity index (χ1n) is 12.8. The topological polar surface area (TPSA) is 113 Å². The summed E-state index contributed by atoms with van der Waals surface area (Å²) in [6.45, 7) is 2.06. The molecule has 0 fully saturated rings. The van der Waals surface area contributed by atoms with Crippen LogP contribution in [0, 0.1) is 0 Å². The van der Waals surface area contributed by atoms with Crippen LogP contribution in [-0.2, 0) is 19.2 Å². The van der Waals surface area contributed by atoms with Crippen molar-refractivity contribution >= 4 is 35.5 Å². The Balaban J connectivity index is 3.30. The minimum atomic E-state index is -0.688. The van der Waals surface area contributed by atoms with Gasteiger partial charge in [0, 0.05) is 25.8 Å². The number of rotatable bonds is 23. The number of aliphatic carboxylic acids is 1. The van der Waals surface area contributed by atoms with Crippen molar-refractivity contribution in [3.8, 4) is 0 Å². The van der Waals surface area contributed by atoms with E-state index in [4.69, 9.17) is 5.11 Å². The maximum Gasteiger partial charge on any atom is 0.303 e. The predicted octanol–water partition coefficient (Wildman–Crippen LogP) is 5.17. The van der Waals surface area contributed by atoms with E-state index >= 15 is 0 Å². The van der Waals surface area contributed by atoms with Crippen molar-refractivity contribution in [3.05, 3.63) is 0 Å². The molecule has 1 atom stereocenters. The van der Waals surface area contributed by atoms with Crippen LogP contribution in [0.25, 0.3) is 0 Å². The van der Waals surface area contributed by atoms with Gasteiger partial charge in [0.25, 0.3) is 0 Å². The van der Waals surface area contributed by atoms with Crippen LogP contribution in [0.3, 0.4) is 0 Å². The first-order valence-corrected chi connectivity index (χ1v) is 13.3. The van der Waals surface area contributed by atoms with Gasteiger partial charge in [-0.2, -0.15) is 0 Å². The number of carboxylic acids is 1. The van der Waals surface area contributed by atoms with E-state index in [1.807, 2.05) is 0 Å². The Hall–Kier alpha value is -1.57. The largest absolute Gasteiger partial charge is 0.481 e. The molecule has 0 spiro atoms. The van der Waals surface area contributed by atoms with E-state index in [2.05, 4.69) is 23.3 Å². The molecule has 0 aliphatic carbocycles. The lowest BCUT2D eigenvalue weighted by Gasteiger charge is -2.10. The molecular formula is C25H46N2O5S. The van der Waals surface area contributed by atoms with Crippen LogP contribution >= 0.6 is 12.6 Å². The highest BCUT2D eigenvalue weighted by molar-refractivity contribution is 7.96. The Bertz CT molecular complexity index is 557. The average molecular weight is 487 g/mol. The van der Waals surface area contributed by atoms with E-state index < -0.39 is 12.0 Å². The second-order valence-electron chi connectivity index (χ2n) is 8.92. The van der Waals surface area contributed by atoms with Crippen molar-refractivity contribution in [1.29, 1.82) is 0 Å². The smallest absolute Gasteiger partial charge is 0.303 e. The molecule has 3 N–H and O–H groups in total. The van der Waals surface area contributed by atoms with Crippen molar-refractivity contribution in [1.82, 2.24) is 10.6 Å².